The van der Waals surface area contributed by atoms with E-state index in [1.807, 2.05) is 19.9 Å². The van der Waals surface area contributed by atoms with Gasteiger partial charge in [-0.3, -0.25) is 4.90 Å². The molecular formula is C17H29NO2. The van der Waals surface area contributed by atoms with Crippen molar-refractivity contribution in [1.29, 1.82) is 0 Å². The van der Waals surface area contributed by atoms with Crippen LogP contribution in [0.5, 0.6) is 0 Å². The highest BCUT2D eigenvalue weighted by atomic mass is 16.5. The van der Waals surface area contributed by atoms with Crippen LogP contribution in [-0.2, 0) is 11.3 Å². The van der Waals surface area contributed by atoms with Crippen LogP contribution >= 0.6 is 0 Å². The molecule has 114 valence electrons. The molecule has 0 amide bonds. The third-order valence-electron chi connectivity index (χ3n) is 3.51. The summed E-state index contributed by atoms with van der Waals surface area (Å²) in [6.45, 7) is 10.3. The van der Waals surface area contributed by atoms with Crippen molar-refractivity contribution in [2.75, 3.05) is 13.2 Å². The lowest BCUT2D eigenvalue weighted by atomic mass is 10.1. The average molecular weight is 279 g/mol. The molecule has 1 aromatic rings. The van der Waals surface area contributed by atoms with Gasteiger partial charge in [-0.2, -0.15) is 0 Å². The number of hydrogen-bond donors (Lipinski definition) is 1. The van der Waals surface area contributed by atoms with Crippen LogP contribution < -0.4 is 0 Å². The summed E-state index contributed by atoms with van der Waals surface area (Å²) in [5.41, 5.74) is 1.28. The molecule has 0 aliphatic carbocycles. The molecule has 0 aromatic heterocycles. The van der Waals surface area contributed by atoms with Gasteiger partial charge in [0.15, 0.2) is 0 Å². The third-order valence-corrected chi connectivity index (χ3v) is 3.51. The van der Waals surface area contributed by atoms with Gasteiger partial charge in [-0.25, -0.2) is 0 Å². The fraction of sp³-hybridized carbons (Fsp3) is 0.647. The second-order valence-corrected chi connectivity index (χ2v) is 5.71. The lowest BCUT2D eigenvalue weighted by molar-refractivity contribution is -0.0149. The van der Waals surface area contributed by atoms with E-state index in [0.29, 0.717) is 19.2 Å². The Morgan fingerprint density at radius 3 is 2.35 bits per heavy atom. The van der Waals surface area contributed by atoms with Crippen molar-refractivity contribution in [3.63, 3.8) is 0 Å². The number of ether oxygens (including phenoxy) is 1. The van der Waals surface area contributed by atoms with Crippen LogP contribution in [0.3, 0.4) is 0 Å². The van der Waals surface area contributed by atoms with E-state index in [2.05, 4.69) is 43.0 Å². The number of hydrogen-bond acceptors (Lipinski definition) is 3. The lowest BCUT2D eigenvalue weighted by Crippen LogP contribution is -2.40. The van der Waals surface area contributed by atoms with E-state index < -0.39 is 6.10 Å². The Hall–Kier alpha value is -0.900. The highest BCUT2D eigenvalue weighted by molar-refractivity contribution is 5.14. The molecular weight excluding hydrogens is 250 g/mol. The molecule has 0 saturated carbocycles. The van der Waals surface area contributed by atoms with Crippen molar-refractivity contribution in [2.45, 2.75) is 58.9 Å². The van der Waals surface area contributed by atoms with Crippen molar-refractivity contribution >= 4 is 0 Å². The van der Waals surface area contributed by atoms with Crippen LogP contribution in [0.4, 0.5) is 0 Å². The summed E-state index contributed by atoms with van der Waals surface area (Å²) in [5.74, 6) is 0. The molecule has 0 unspecified atom stereocenters. The first kappa shape index (κ1) is 17.2. The topological polar surface area (TPSA) is 32.7 Å². The second kappa shape index (κ2) is 9.11. The van der Waals surface area contributed by atoms with Gasteiger partial charge in [0.05, 0.1) is 18.8 Å². The van der Waals surface area contributed by atoms with Crippen LogP contribution in [0, 0.1) is 0 Å². The summed E-state index contributed by atoms with van der Waals surface area (Å²) in [7, 11) is 0. The molecule has 0 radical (unpaired) electrons. The van der Waals surface area contributed by atoms with Crippen molar-refractivity contribution in [2.24, 2.45) is 0 Å². The lowest BCUT2D eigenvalue weighted by Gasteiger charge is -2.30. The van der Waals surface area contributed by atoms with Crippen LogP contribution in [0.1, 0.15) is 39.7 Å². The summed E-state index contributed by atoms with van der Waals surface area (Å²) in [6.07, 6.45) is 0.802. The van der Waals surface area contributed by atoms with Gasteiger partial charge < -0.3 is 9.84 Å². The monoisotopic (exact) mass is 279 g/mol. The number of aliphatic hydroxyl groups is 1. The smallest absolute Gasteiger partial charge is 0.0900 e. The zero-order valence-electron chi connectivity index (χ0n) is 13.2. The largest absolute Gasteiger partial charge is 0.389 e. The van der Waals surface area contributed by atoms with Crippen LogP contribution in [0.25, 0.3) is 0 Å². The second-order valence-electron chi connectivity index (χ2n) is 5.71. The van der Waals surface area contributed by atoms with E-state index in [-0.39, 0.29) is 6.10 Å². The van der Waals surface area contributed by atoms with Crippen molar-refractivity contribution < 1.29 is 9.84 Å². The van der Waals surface area contributed by atoms with Crippen molar-refractivity contribution in [1.82, 2.24) is 4.90 Å². The minimum absolute atomic E-state index is 0.163. The molecule has 20 heavy (non-hydrogen) atoms. The Kier molecular flexibility index (Phi) is 7.82. The Labute approximate surface area is 123 Å². The number of benzene rings is 1. The van der Waals surface area contributed by atoms with E-state index in [1.165, 1.54) is 5.56 Å². The van der Waals surface area contributed by atoms with Crippen molar-refractivity contribution in [3.05, 3.63) is 35.9 Å². The molecule has 1 aromatic carbocycles. The highest BCUT2D eigenvalue weighted by Crippen LogP contribution is 2.11. The maximum absolute atomic E-state index is 10.1. The highest BCUT2D eigenvalue weighted by Gasteiger charge is 2.17. The molecule has 3 heteroatoms. The summed E-state index contributed by atoms with van der Waals surface area (Å²) in [4.78, 5) is 2.32. The quantitative estimate of drug-likeness (QED) is 0.754. The van der Waals surface area contributed by atoms with Gasteiger partial charge in [0.2, 0.25) is 0 Å². The first-order valence-electron chi connectivity index (χ1n) is 7.60. The van der Waals surface area contributed by atoms with Gasteiger partial charge in [-0.05, 0) is 32.8 Å². The molecule has 0 bridgehead atoms. The SMILES string of the molecule is CC[C@H](C)N(Cc1ccccc1)C[C@@H](O)COC(C)C. The zero-order chi connectivity index (χ0) is 15.0. The number of aliphatic hydroxyl groups excluding tert-OH is 1. The normalized spacial score (nSPS) is 14.8. The molecule has 1 N–H and O–H groups in total. The number of rotatable bonds is 9. The minimum Gasteiger partial charge on any atom is -0.389 e. The summed E-state index contributed by atoms with van der Waals surface area (Å²) < 4.78 is 5.49. The predicted molar refractivity (Wildman–Crippen MR) is 83.7 cm³/mol. The Morgan fingerprint density at radius 1 is 1.15 bits per heavy atom. The minimum atomic E-state index is -0.435. The fourth-order valence-electron chi connectivity index (χ4n) is 2.10. The third kappa shape index (κ3) is 6.51. The molecule has 0 fully saturated rings. The van der Waals surface area contributed by atoms with Gasteiger partial charge >= 0.3 is 0 Å². The molecule has 0 aliphatic heterocycles. The van der Waals surface area contributed by atoms with Gasteiger partial charge in [0.25, 0.3) is 0 Å². The summed E-state index contributed by atoms with van der Waals surface area (Å²) in [5, 5.41) is 10.1. The van der Waals surface area contributed by atoms with E-state index in [0.717, 1.165) is 13.0 Å². The van der Waals surface area contributed by atoms with Gasteiger partial charge in [-0.1, -0.05) is 37.3 Å². The molecule has 2 atom stereocenters. The molecule has 3 nitrogen and oxygen atoms in total. The molecule has 0 saturated heterocycles. The number of nitrogens with zero attached hydrogens (tertiary/aromatic N) is 1. The first-order chi connectivity index (χ1) is 9.52. The maximum atomic E-state index is 10.1. The Morgan fingerprint density at radius 2 is 1.80 bits per heavy atom. The van der Waals surface area contributed by atoms with E-state index in [1.54, 1.807) is 0 Å². The van der Waals surface area contributed by atoms with E-state index in [9.17, 15) is 5.11 Å². The first-order valence-corrected chi connectivity index (χ1v) is 7.60. The van der Waals surface area contributed by atoms with E-state index in [4.69, 9.17) is 4.74 Å². The molecule has 0 heterocycles. The standard InChI is InChI=1S/C17H29NO2/c1-5-15(4)18(11-16-9-7-6-8-10-16)12-17(19)13-20-14(2)3/h6-10,14-15,17,19H,5,11-13H2,1-4H3/t15-,17+/m0/s1. The average Bonchev–Trinajstić information content (AvgIpc) is 2.44. The Balaban J connectivity index is 2.56. The van der Waals surface area contributed by atoms with Gasteiger partial charge in [0, 0.05) is 19.1 Å². The summed E-state index contributed by atoms with van der Waals surface area (Å²) >= 11 is 0. The van der Waals surface area contributed by atoms with Crippen LogP contribution in [-0.4, -0.2) is 41.4 Å². The predicted octanol–water partition coefficient (Wildman–Crippen LogP) is 3.07. The van der Waals surface area contributed by atoms with Crippen LogP contribution in [0.2, 0.25) is 0 Å². The van der Waals surface area contributed by atoms with Crippen molar-refractivity contribution in [3.8, 4) is 0 Å². The molecule has 1 rings (SSSR count). The van der Waals surface area contributed by atoms with Crippen LogP contribution in [0.15, 0.2) is 30.3 Å². The molecule has 0 aliphatic rings. The summed E-state index contributed by atoms with van der Waals surface area (Å²) in [6, 6.07) is 10.9. The van der Waals surface area contributed by atoms with Gasteiger partial charge in [-0.15, -0.1) is 0 Å². The van der Waals surface area contributed by atoms with E-state index >= 15 is 0 Å². The van der Waals surface area contributed by atoms with Gasteiger partial charge in [0.1, 0.15) is 0 Å². The fourth-order valence-corrected chi connectivity index (χ4v) is 2.10. The maximum Gasteiger partial charge on any atom is 0.0900 e. The zero-order valence-corrected chi connectivity index (χ0v) is 13.2. The molecule has 0 spiro atoms. The Bertz CT molecular complexity index is 353.